The molecule has 0 aromatic heterocycles. The minimum Gasteiger partial charge on any atom is -0.321 e. The van der Waals surface area contributed by atoms with Crippen LogP contribution < -0.4 is 0 Å². The molecule has 0 rings (SSSR count). The van der Waals surface area contributed by atoms with Gasteiger partial charge in [0.1, 0.15) is 5.71 Å². The van der Waals surface area contributed by atoms with Crippen molar-refractivity contribution in [3.05, 3.63) is 0 Å². The van der Waals surface area contributed by atoms with E-state index in [-0.39, 0.29) is 18.0 Å². The second kappa shape index (κ2) is 3.77. The van der Waals surface area contributed by atoms with E-state index in [1.54, 1.807) is 0 Å². The average molecular weight is 129 g/mol. The quantitative estimate of drug-likeness (QED) is 0.235. The topological polar surface area (TPSA) is 55.7 Å². The molecule has 4 nitrogen and oxygen atoms in total. The normalized spacial score (nSPS) is 10.7. The third-order valence-corrected chi connectivity index (χ3v) is 0.742. The summed E-state index contributed by atoms with van der Waals surface area (Å²) in [5.41, 5.74) is 0.183. The Morgan fingerprint density at radius 2 is 2.11 bits per heavy atom. The molecule has 0 atom stereocenters. The van der Waals surface area contributed by atoms with Crippen LogP contribution >= 0.6 is 0 Å². The number of hydrogen-bond donors (Lipinski definition) is 0. The van der Waals surface area contributed by atoms with Crippen molar-refractivity contribution < 1.29 is 14.4 Å². The Balaban J connectivity index is 3.83. The molecule has 0 aliphatic carbocycles. The summed E-state index contributed by atoms with van der Waals surface area (Å²) < 4.78 is 0. The lowest BCUT2D eigenvalue weighted by Gasteiger charge is -1.87. The molecular weight excluding hydrogens is 122 g/mol. The molecule has 50 valence electrons. The largest absolute Gasteiger partial charge is 0.323 e. The van der Waals surface area contributed by atoms with Crippen molar-refractivity contribution >= 4 is 18.0 Å². The highest BCUT2D eigenvalue weighted by atomic mass is 16.7. The molecule has 0 aromatic carbocycles. The summed E-state index contributed by atoms with van der Waals surface area (Å²) in [6, 6.07) is 0. The van der Waals surface area contributed by atoms with E-state index in [1.165, 1.54) is 13.8 Å². The summed E-state index contributed by atoms with van der Waals surface area (Å²) in [5.74, 6) is -0.211. The molecule has 0 bridgehead atoms. The molecule has 0 spiro atoms. The molecule has 0 aliphatic heterocycles. The van der Waals surface area contributed by atoms with E-state index in [9.17, 15) is 9.59 Å². The first-order chi connectivity index (χ1) is 4.18. The number of ketones is 1. The average Bonchev–Trinajstić information content (AvgIpc) is 1.82. The summed E-state index contributed by atoms with van der Waals surface area (Å²) in [5, 5.41) is 3.14. The molecule has 0 amide bonds. The van der Waals surface area contributed by atoms with Gasteiger partial charge in [0.2, 0.25) is 0 Å². The second-order valence-electron chi connectivity index (χ2n) is 1.43. The van der Waals surface area contributed by atoms with Crippen LogP contribution in [0.3, 0.4) is 0 Å². The second-order valence-corrected chi connectivity index (χ2v) is 1.43. The lowest BCUT2D eigenvalue weighted by Crippen LogP contribution is -2.04. The Bertz CT molecular complexity index is 150. The van der Waals surface area contributed by atoms with Crippen molar-refractivity contribution in [1.82, 2.24) is 0 Å². The fourth-order valence-corrected chi connectivity index (χ4v) is 0.165. The predicted molar refractivity (Wildman–Crippen MR) is 30.9 cm³/mol. The van der Waals surface area contributed by atoms with Crippen molar-refractivity contribution in [1.29, 1.82) is 0 Å². The van der Waals surface area contributed by atoms with Gasteiger partial charge >= 0.3 is 6.47 Å². The zero-order valence-electron chi connectivity index (χ0n) is 5.25. The predicted octanol–water partition coefficient (Wildman–Crippen LogP) is 0.124. The maximum absolute atomic E-state index is 10.3. The number of rotatable bonds is 3. The lowest BCUT2D eigenvalue weighted by atomic mass is 10.3. The van der Waals surface area contributed by atoms with Gasteiger partial charge in [0.15, 0.2) is 5.78 Å². The molecule has 0 unspecified atom stereocenters. The maximum atomic E-state index is 10.3. The summed E-state index contributed by atoms with van der Waals surface area (Å²) in [6.45, 7) is 2.96. The zero-order chi connectivity index (χ0) is 7.28. The van der Waals surface area contributed by atoms with Gasteiger partial charge in [-0.2, -0.15) is 0 Å². The summed E-state index contributed by atoms with van der Waals surface area (Å²) in [6.07, 6.45) is 0. The van der Waals surface area contributed by atoms with Crippen LogP contribution in [0, 0.1) is 0 Å². The number of hydrogen-bond acceptors (Lipinski definition) is 4. The third kappa shape index (κ3) is 3.40. The monoisotopic (exact) mass is 129 g/mol. The van der Waals surface area contributed by atoms with E-state index in [1.807, 2.05) is 0 Å². The molecule has 0 aromatic rings. The number of carbonyl (C=O) groups is 2. The third-order valence-electron chi connectivity index (χ3n) is 0.742. The van der Waals surface area contributed by atoms with Gasteiger partial charge in [-0.25, -0.2) is 0 Å². The minimum absolute atomic E-state index is 0.159. The van der Waals surface area contributed by atoms with E-state index < -0.39 is 0 Å². The number of Topliss-reactive ketones (excluding diaryl/α,β-unsaturated/α-hetero) is 1. The maximum Gasteiger partial charge on any atom is 0.323 e. The van der Waals surface area contributed by atoms with E-state index in [0.29, 0.717) is 0 Å². The fraction of sp³-hybridized carbons (Fsp3) is 0.400. The number of nitrogens with zero attached hydrogens (tertiary/aromatic N) is 1. The highest BCUT2D eigenvalue weighted by Crippen LogP contribution is 1.78. The van der Waals surface area contributed by atoms with E-state index in [0.717, 1.165) is 0 Å². The Labute approximate surface area is 52.5 Å². The smallest absolute Gasteiger partial charge is 0.321 e. The molecule has 0 fully saturated rings. The summed E-state index contributed by atoms with van der Waals surface area (Å²) >= 11 is 0. The van der Waals surface area contributed by atoms with Crippen LogP contribution in [0.25, 0.3) is 0 Å². The van der Waals surface area contributed by atoms with Crippen molar-refractivity contribution in [2.45, 2.75) is 13.8 Å². The van der Waals surface area contributed by atoms with Gasteiger partial charge in [0, 0.05) is 6.92 Å². The zero-order valence-corrected chi connectivity index (χ0v) is 5.25. The van der Waals surface area contributed by atoms with Crippen LogP contribution in [-0.4, -0.2) is 18.0 Å². The van der Waals surface area contributed by atoms with Crippen LogP contribution in [0.4, 0.5) is 0 Å². The van der Waals surface area contributed by atoms with Crippen molar-refractivity contribution in [3.63, 3.8) is 0 Å². The van der Waals surface area contributed by atoms with Gasteiger partial charge < -0.3 is 4.84 Å². The Morgan fingerprint density at radius 3 is 2.44 bits per heavy atom. The summed E-state index contributed by atoms with van der Waals surface area (Å²) in [7, 11) is 0. The standard InChI is InChI=1S/C5H7NO3/c1-4(5(2)8)6-9-3-7/h3H,1-2H3/b6-4+. The lowest BCUT2D eigenvalue weighted by molar-refractivity contribution is -0.128. The van der Waals surface area contributed by atoms with E-state index in [4.69, 9.17) is 0 Å². The van der Waals surface area contributed by atoms with Crippen LogP contribution in [-0.2, 0) is 14.4 Å². The van der Waals surface area contributed by atoms with Crippen LogP contribution in [0.15, 0.2) is 5.16 Å². The van der Waals surface area contributed by atoms with Gasteiger partial charge in [0.05, 0.1) is 0 Å². The first-order valence-corrected chi connectivity index (χ1v) is 2.33. The van der Waals surface area contributed by atoms with Crippen molar-refractivity contribution in [2.24, 2.45) is 5.16 Å². The first kappa shape index (κ1) is 7.81. The van der Waals surface area contributed by atoms with Gasteiger partial charge in [-0.3, -0.25) is 9.59 Å². The molecule has 0 saturated carbocycles. The van der Waals surface area contributed by atoms with Crippen LogP contribution in [0.1, 0.15) is 13.8 Å². The van der Waals surface area contributed by atoms with Crippen molar-refractivity contribution in [2.75, 3.05) is 0 Å². The molecule has 0 aliphatic rings. The molecule has 0 radical (unpaired) electrons. The molecule has 0 heterocycles. The number of carbonyl (C=O) groups excluding carboxylic acids is 2. The first-order valence-electron chi connectivity index (χ1n) is 2.33. The van der Waals surface area contributed by atoms with Gasteiger partial charge in [-0.05, 0) is 6.92 Å². The van der Waals surface area contributed by atoms with E-state index >= 15 is 0 Å². The number of oxime groups is 1. The molecule has 4 heteroatoms. The minimum atomic E-state index is -0.211. The van der Waals surface area contributed by atoms with Gasteiger partial charge in [-0.15, -0.1) is 0 Å². The highest BCUT2D eigenvalue weighted by Gasteiger charge is 1.95. The summed E-state index contributed by atoms with van der Waals surface area (Å²) in [4.78, 5) is 23.8. The molecule has 0 N–H and O–H groups in total. The Hall–Kier alpha value is -1.19. The SMILES string of the molecule is CC(=O)/C(C)=N/OC=O. The Kier molecular flexibility index (Phi) is 3.27. The van der Waals surface area contributed by atoms with Gasteiger partial charge in [-0.1, -0.05) is 5.16 Å². The van der Waals surface area contributed by atoms with Crippen LogP contribution in [0.2, 0.25) is 0 Å². The molecule has 0 saturated heterocycles. The fourth-order valence-electron chi connectivity index (χ4n) is 0.165. The van der Waals surface area contributed by atoms with Crippen LogP contribution in [0.5, 0.6) is 0 Å². The van der Waals surface area contributed by atoms with E-state index in [2.05, 4.69) is 9.99 Å². The van der Waals surface area contributed by atoms with Gasteiger partial charge in [0.25, 0.3) is 0 Å². The highest BCUT2D eigenvalue weighted by molar-refractivity contribution is 6.37. The molecular formula is C5H7NO3. The Morgan fingerprint density at radius 1 is 1.56 bits per heavy atom. The molecule has 9 heavy (non-hydrogen) atoms. The van der Waals surface area contributed by atoms with Crippen molar-refractivity contribution in [3.8, 4) is 0 Å².